The lowest BCUT2D eigenvalue weighted by Crippen LogP contribution is -2.17. The van der Waals surface area contributed by atoms with E-state index in [1.54, 1.807) is 0 Å². The van der Waals surface area contributed by atoms with Crippen molar-refractivity contribution < 1.29 is 4.74 Å². The molecule has 0 aliphatic carbocycles. The van der Waals surface area contributed by atoms with Gasteiger partial charge in [0.25, 0.3) is 0 Å². The van der Waals surface area contributed by atoms with Crippen LogP contribution in [0.1, 0.15) is 23.6 Å². The Morgan fingerprint density at radius 3 is 2.32 bits per heavy atom. The molecule has 2 rings (SSSR count). The highest BCUT2D eigenvalue weighted by atomic mass is 16.5. The molecule has 0 saturated carbocycles. The van der Waals surface area contributed by atoms with E-state index >= 15 is 0 Å². The molecule has 2 N–H and O–H groups in total. The van der Waals surface area contributed by atoms with Gasteiger partial charge in [-0.15, -0.1) is 0 Å². The number of rotatable bonds is 4. The zero-order valence-electron chi connectivity index (χ0n) is 11.8. The molecule has 0 spiro atoms. The van der Waals surface area contributed by atoms with Gasteiger partial charge < -0.3 is 10.5 Å². The second kappa shape index (κ2) is 5.89. The predicted molar refractivity (Wildman–Crippen MR) is 79.8 cm³/mol. The van der Waals surface area contributed by atoms with Crippen LogP contribution in [0, 0.1) is 13.8 Å². The van der Waals surface area contributed by atoms with E-state index < -0.39 is 0 Å². The van der Waals surface area contributed by atoms with Crippen molar-refractivity contribution in [2.75, 3.05) is 0 Å². The number of hydrogen-bond donors (Lipinski definition) is 1. The lowest BCUT2D eigenvalue weighted by atomic mass is 10.0. The fourth-order valence-corrected chi connectivity index (χ4v) is 2.06. The Morgan fingerprint density at radius 2 is 1.74 bits per heavy atom. The lowest BCUT2D eigenvalue weighted by molar-refractivity contribution is 0.478. The first kappa shape index (κ1) is 13.6. The van der Waals surface area contributed by atoms with Crippen molar-refractivity contribution in [2.45, 2.75) is 33.2 Å². The maximum absolute atomic E-state index is 5.89. The van der Waals surface area contributed by atoms with Gasteiger partial charge in [0.05, 0.1) is 0 Å². The van der Waals surface area contributed by atoms with Crippen LogP contribution in [0.5, 0.6) is 11.5 Å². The minimum atomic E-state index is 0.184. The fourth-order valence-electron chi connectivity index (χ4n) is 2.06. The third-order valence-corrected chi connectivity index (χ3v) is 3.05. The van der Waals surface area contributed by atoms with Crippen LogP contribution in [0.25, 0.3) is 0 Å². The minimum absolute atomic E-state index is 0.184. The zero-order chi connectivity index (χ0) is 13.8. The predicted octanol–water partition coefficient (Wildman–Crippen LogP) is 3.99. The molecule has 19 heavy (non-hydrogen) atoms. The summed E-state index contributed by atoms with van der Waals surface area (Å²) in [6.45, 7) is 6.15. The molecule has 0 heterocycles. The van der Waals surface area contributed by atoms with Gasteiger partial charge >= 0.3 is 0 Å². The first-order valence-corrected chi connectivity index (χ1v) is 6.64. The molecule has 0 bridgehead atoms. The molecule has 0 aliphatic heterocycles. The van der Waals surface area contributed by atoms with Crippen LogP contribution in [-0.2, 0) is 6.42 Å². The molecule has 1 unspecified atom stereocenters. The van der Waals surface area contributed by atoms with E-state index in [1.807, 2.05) is 25.1 Å². The summed E-state index contributed by atoms with van der Waals surface area (Å²) in [7, 11) is 0. The molecule has 0 amide bonds. The third-order valence-electron chi connectivity index (χ3n) is 3.05. The summed E-state index contributed by atoms with van der Waals surface area (Å²) in [5.41, 5.74) is 9.44. The number of aryl methyl sites for hydroxylation is 2. The number of benzene rings is 2. The summed E-state index contributed by atoms with van der Waals surface area (Å²) in [5, 5.41) is 0. The SMILES string of the molecule is Cc1ccc(Oc2ccc(CC(C)N)cc2C)cc1. The summed E-state index contributed by atoms with van der Waals surface area (Å²) in [6.07, 6.45) is 0.894. The van der Waals surface area contributed by atoms with Gasteiger partial charge in [-0.05, 0) is 56.5 Å². The topological polar surface area (TPSA) is 35.2 Å². The van der Waals surface area contributed by atoms with Gasteiger partial charge in [0, 0.05) is 6.04 Å². The van der Waals surface area contributed by atoms with E-state index in [1.165, 1.54) is 11.1 Å². The quantitative estimate of drug-likeness (QED) is 0.896. The second-order valence-corrected chi connectivity index (χ2v) is 5.20. The van der Waals surface area contributed by atoms with Crippen molar-refractivity contribution in [3.8, 4) is 11.5 Å². The third kappa shape index (κ3) is 3.83. The Labute approximate surface area is 115 Å². The number of nitrogens with two attached hydrogens (primary N) is 1. The molecule has 100 valence electrons. The van der Waals surface area contributed by atoms with Crippen molar-refractivity contribution in [2.24, 2.45) is 5.73 Å². The molecule has 2 heteroatoms. The van der Waals surface area contributed by atoms with Crippen LogP contribution in [0.4, 0.5) is 0 Å². The largest absolute Gasteiger partial charge is 0.457 e. The van der Waals surface area contributed by atoms with Gasteiger partial charge in [-0.1, -0.05) is 29.8 Å². The Balaban J connectivity index is 2.15. The smallest absolute Gasteiger partial charge is 0.130 e. The highest BCUT2D eigenvalue weighted by molar-refractivity contribution is 5.40. The summed E-state index contributed by atoms with van der Waals surface area (Å²) in [6, 6.07) is 14.5. The monoisotopic (exact) mass is 255 g/mol. The molecular weight excluding hydrogens is 234 g/mol. The standard InChI is InChI=1S/C17H21NO/c1-12-4-7-16(8-5-12)19-17-9-6-15(10-13(17)2)11-14(3)18/h4-10,14H,11,18H2,1-3H3. The van der Waals surface area contributed by atoms with Crippen LogP contribution < -0.4 is 10.5 Å². The second-order valence-electron chi connectivity index (χ2n) is 5.20. The van der Waals surface area contributed by atoms with Crippen LogP contribution in [0.15, 0.2) is 42.5 Å². The van der Waals surface area contributed by atoms with Crippen LogP contribution in [0.3, 0.4) is 0 Å². The number of ether oxygens (including phenoxy) is 1. The first-order valence-electron chi connectivity index (χ1n) is 6.64. The first-order chi connectivity index (χ1) is 9.04. The van der Waals surface area contributed by atoms with E-state index in [0.29, 0.717) is 0 Å². The molecule has 0 fully saturated rings. The molecule has 2 aromatic rings. The molecule has 2 aromatic carbocycles. The maximum atomic E-state index is 5.89. The summed E-state index contributed by atoms with van der Waals surface area (Å²) in [5.74, 6) is 1.77. The van der Waals surface area contributed by atoms with Crippen LogP contribution in [0.2, 0.25) is 0 Å². The summed E-state index contributed by atoms with van der Waals surface area (Å²) >= 11 is 0. The molecule has 0 aliphatic rings. The Kier molecular flexibility index (Phi) is 4.23. The Hall–Kier alpha value is -1.80. The van der Waals surface area contributed by atoms with E-state index in [-0.39, 0.29) is 6.04 Å². The summed E-state index contributed by atoms with van der Waals surface area (Å²) < 4.78 is 5.89. The van der Waals surface area contributed by atoms with E-state index in [9.17, 15) is 0 Å². The molecule has 0 radical (unpaired) electrons. The van der Waals surface area contributed by atoms with Gasteiger partial charge in [0.1, 0.15) is 11.5 Å². The molecule has 2 nitrogen and oxygen atoms in total. The Morgan fingerprint density at radius 1 is 1.05 bits per heavy atom. The van der Waals surface area contributed by atoms with E-state index in [4.69, 9.17) is 10.5 Å². The molecule has 0 aromatic heterocycles. The highest BCUT2D eigenvalue weighted by Gasteiger charge is 2.04. The fraction of sp³-hybridized carbons (Fsp3) is 0.294. The lowest BCUT2D eigenvalue weighted by Gasteiger charge is -2.11. The van der Waals surface area contributed by atoms with Crippen molar-refractivity contribution in [3.63, 3.8) is 0 Å². The zero-order valence-corrected chi connectivity index (χ0v) is 11.8. The van der Waals surface area contributed by atoms with E-state index in [2.05, 4.69) is 38.1 Å². The summed E-state index contributed by atoms with van der Waals surface area (Å²) in [4.78, 5) is 0. The average molecular weight is 255 g/mol. The van der Waals surface area contributed by atoms with Crippen molar-refractivity contribution in [3.05, 3.63) is 59.2 Å². The van der Waals surface area contributed by atoms with E-state index in [0.717, 1.165) is 23.5 Å². The van der Waals surface area contributed by atoms with Crippen LogP contribution >= 0.6 is 0 Å². The normalized spacial score (nSPS) is 12.2. The average Bonchev–Trinajstić information content (AvgIpc) is 2.34. The molecule has 1 atom stereocenters. The van der Waals surface area contributed by atoms with Gasteiger partial charge in [-0.2, -0.15) is 0 Å². The van der Waals surface area contributed by atoms with Crippen molar-refractivity contribution in [1.29, 1.82) is 0 Å². The van der Waals surface area contributed by atoms with Crippen molar-refractivity contribution >= 4 is 0 Å². The van der Waals surface area contributed by atoms with Gasteiger partial charge in [0.15, 0.2) is 0 Å². The van der Waals surface area contributed by atoms with Crippen molar-refractivity contribution in [1.82, 2.24) is 0 Å². The van der Waals surface area contributed by atoms with Gasteiger partial charge in [-0.3, -0.25) is 0 Å². The van der Waals surface area contributed by atoms with Gasteiger partial charge in [0.2, 0.25) is 0 Å². The highest BCUT2D eigenvalue weighted by Crippen LogP contribution is 2.26. The van der Waals surface area contributed by atoms with Crippen LogP contribution in [-0.4, -0.2) is 6.04 Å². The minimum Gasteiger partial charge on any atom is -0.457 e. The van der Waals surface area contributed by atoms with Gasteiger partial charge in [-0.25, -0.2) is 0 Å². The Bertz CT molecular complexity index is 544. The number of hydrogen-bond acceptors (Lipinski definition) is 2. The molecule has 0 saturated heterocycles. The molecular formula is C17H21NO. The maximum Gasteiger partial charge on any atom is 0.130 e.